The zero-order valence-corrected chi connectivity index (χ0v) is 21.4. The SMILES string of the molecule is O=C(NCc1cccc(CN(C2CCCNC2)C2CCOc3cccnc32)c1)c1c(Cl)cncc1Cl. The topological polar surface area (TPSA) is 79.4 Å². The molecule has 0 aliphatic carbocycles. The molecule has 0 spiro atoms. The number of aromatic nitrogens is 2. The van der Waals surface area contributed by atoms with Gasteiger partial charge < -0.3 is 15.4 Å². The largest absolute Gasteiger partial charge is 0.492 e. The highest BCUT2D eigenvalue weighted by Gasteiger charge is 2.33. The van der Waals surface area contributed by atoms with E-state index in [0.717, 1.165) is 55.9 Å². The summed E-state index contributed by atoms with van der Waals surface area (Å²) < 4.78 is 5.90. The van der Waals surface area contributed by atoms with E-state index in [1.54, 1.807) is 0 Å². The summed E-state index contributed by atoms with van der Waals surface area (Å²) in [4.78, 5) is 23.9. The number of carbonyl (C=O) groups is 1. The van der Waals surface area contributed by atoms with E-state index in [0.29, 0.717) is 19.2 Å². The number of hydrogen-bond donors (Lipinski definition) is 2. The number of halogens is 2. The van der Waals surface area contributed by atoms with Crippen LogP contribution in [0.15, 0.2) is 55.0 Å². The van der Waals surface area contributed by atoms with Gasteiger partial charge in [0.15, 0.2) is 0 Å². The van der Waals surface area contributed by atoms with E-state index in [2.05, 4.69) is 32.7 Å². The number of rotatable bonds is 7. The molecular weight excluding hydrogens is 497 g/mol. The minimum Gasteiger partial charge on any atom is -0.492 e. The number of hydrogen-bond acceptors (Lipinski definition) is 6. The van der Waals surface area contributed by atoms with Gasteiger partial charge in [0, 0.05) is 50.7 Å². The van der Waals surface area contributed by atoms with Crippen molar-refractivity contribution in [2.24, 2.45) is 0 Å². The first kappa shape index (κ1) is 25.0. The summed E-state index contributed by atoms with van der Waals surface area (Å²) in [6.45, 7) is 3.87. The highest BCUT2D eigenvalue weighted by atomic mass is 35.5. The van der Waals surface area contributed by atoms with Gasteiger partial charge >= 0.3 is 0 Å². The van der Waals surface area contributed by atoms with Crippen molar-refractivity contribution >= 4 is 29.1 Å². The lowest BCUT2D eigenvalue weighted by atomic mass is 9.97. The van der Waals surface area contributed by atoms with Crippen molar-refractivity contribution in [3.05, 3.63) is 87.4 Å². The summed E-state index contributed by atoms with van der Waals surface area (Å²) in [6.07, 6.45) is 7.90. The van der Waals surface area contributed by atoms with Gasteiger partial charge in [0.25, 0.3) is 5.91 Å². The average molecular weight is 526 g/mol. The zero-order valence-electron chi connectivity index (χ0n) is 19.9. The third kappa shape index (κ3) is 5.65. The second kappa shape index (κ2) is 11.6. The molecule has 2 N–H and O–H groups in total. The Hall–Kier alpha value is -2.71. The van der Waals surface area contributed by atoms with Crippen molar-refractivity contribution in [1.82, 2.24) is 25.5 Å². The van der Waals surface area contributed by atoms with Crippen LogP contribution >= 0.6 is 23.2 Å². The second-order valence-electron chi connectivity index (χ2n) is 9.19. The smallest absolute Gasteiger partial charge is 0.254 e. The molecule has 0 radical (unpaired) electrons. The van der Waals surface area contributed by atoms with E-state index in [9.17, 15) is 4.79 Å². The van der Waals surface area contributed by atoms with Crippen LogP contribution < -0.4 is 15.4 Å². The predicted octanol–water partition coefficient (Wildman–Crippen LogP) is 4.79. The van der Waals surface area contributed by atoms with Crippen LogP contribution in [0.5, 0.6) is 5.75 Å². The molecule has 1 aromatic carbocycles. The van der Waals surface area contributed by atoms with E-state index < -0.39 is 0 Å². The number of amides is 1. The highest BCUT2D eigenvalue weighted by molar-refractivity contribution is 6.39. The molecule has 1 saturated heterocycles. The Balaban J connectivity index is 1.34. The maximum absolute atomic E-state index is 12.7. The second-order valence-corrected chi connectivity index (χ2v) is 10.0. The maximum atomic E-state index is 12.7. The summed E-state index contributed by atoms with van der Waals surface area (Å²) in [5.41, 5.74) is 3.46. The minimum absolute atomic E-state index is 0.194. The Morgan fingerprint density at radius 1 is 1.14 bits per heavy atom. The number of nitrogens with one attached hydrogen (secondary N) is 2. The molecule has 4 heterocycles. The first-order valence-corrected chi connectivity index (χ1v) is 13.0. The lowest BCUT2D eigenvalue weighted by molar-refractivity contribution is 0.0711. The van der Waals surface area contributed by atoms with E-state index >= 15 is 0 Å². The molecule has 3 aromatic rings. The van der Waals surface area contributed by atoms with Crippen molar-refractivity contribution in [2.75, 3.05) is 19.7 Å². The summed E-state index contributed by atoms with van der Waals surface area (Å²) in [6, 6.07) is 12.9. The number of benzene rings is 1. The van der Waals surface area contributed by atoms with Crippen LogP contribution in [0.4, 0.5) is 0 Å². The molecule has 2 aliphatic rings. The monoisotopic (exact) mass is 525 g/mol. The van der Waals surface area contributed by atoms with Gasteiger partial charge in [-0.15, -0.1) is 0 Å². The Morgan fingerprint density at radius 2 is 1.97 bits per heavy atom. The van der Waals surface area contributed by atoms with Gasteiger partial charge in [-0.1, -0.05) is 47.5 Å². The van der Waals surface area contributed by atoms with Gasteiger partial charge in [-0.25, -0.2) is 0 Å². The van der Waals surface area contributed by atoms with Crippen molar-refractivity contribution < 1.29 is 9.53 Å². The number of ether oxygens (including phenoxy) is 1. The number of nitrogens with zero attached hydrogens (tertiary/aromatic N) is 3. The van der Waals surface area contributed by atoms with Crippen molar-refractivity contribution in [3.63, 3.8) is 0 Å². The molecule has 7 nitrogen and oxygen atoms in total. The highest BCUT2D eigenvalue weighted by Crippen LogP contribution is 2.37. The first-order valence-electron chi connectivity index (χ1n) is 12.3. The van der Waals surface area contributed by atoms with E-state index in [1.807, 2.05) is 30.5 Å². The lowest BCUT2D eigenvalue weighted by Gasteiger charge is -2.41. The molecule has 2 aromatic heterocycles. The van der Waals surface area contributed by atoms with Gasteiger partial charge in [-0.3, -0.25) is 19.7 Å². The molecule has 2 unspecified atom stereocenters. The third-order valence-corrected chi connectivity index (χ3v) is 7.37. The molecule has 0 saturated carbocycles. The Kier molecular flexibility index (Phi) is 8.02. The van der Waals surface area contributed by atoms with Gasteiger partial charge in [-0.05, 0) is 42.6 Å². The van der Waals surface area contributed by atoms with Crippen LogP contribution in [0.3, 0.4) is 0 Å². The quantitative estimate of drug-likeness (QED) is 0.461. The first-order chi connectivity index (χ1) is 17.6. The van der Waals surface area contributed by atoms with Crippen LogP contribution in [-0.4, -0.2) is 46.5 Å². The van der Waals surface area contributed by atoms with Gasteiger partial charge in [0.1, 0.15) is 5.75 Å². The van der Waals surface area contributed by atoms with E-state index in [4.69, 9.17) is 32.9 Å². The number of fused-ring (bicyclic) bond motifs is 1. The summed E-state index contributed by atoms with van der Waals surface area (Å²) >= 11 is 12.3. The van der Waals surface area contributed by atoms with Gasteiger partial charge in [0.05, 0.1) is 34.0 Å². The van der Waals surface area contributed by atoms with Crippen LogP contribution in [0, 0.1) is 0 Å². The molecule has 0 bridgehead atoms. The third-order valence-electron chi connectivity index (χ3n) is 6.79. The van der Waals surface area contributed by atoms with Crippen LogP contribution in [-0.2, 0) is 13.1 Å². The summed E-state index contributed by atoms with van der Waals surface area (Å²) in [5.74, 6) is 0.560. The molecule has 36 heavy (non-hydrogen) atoms. The number of pyridine rings is 2. The zero-order chi connectivity index (χ0) is 24.9. The van der Waals surface area contributed by atoms with Gasteiger partial charge in [0.2, 0.25) is 0 Å². The molecule has 2 aliphatic heterocycles. The van der Waals surface area contributed by atoms with Crippen molar-refractivity contribution in [1.29, 1.82) is 0 Å². The Morgan fingerprint density at radius 3 is 2.78 bits per heavy atom. The maximum Gasteiger partial charge on any atom is 0.254 e. The average Bonchev–Trinajstić information content (AvgIpc) is 2.91. The van der Waals surface area contributed by atoms with Crippen LogP contribution in [0.2, 0.25) is 10.0 Å². The summed E-state index contributed by atoms with van der Waals surface area (Å²) in [7, 11) is 0. The molecule has 2 atom stereocenters. The standard InChI is InChI=1S/C27H29Cl2N5O2/c28-21-15-31-16-22(29)25(21)27(35)33-13-18-4-1-5-19(12-18)17-34(20-6-2-9-30-14-20)23-8-11-36-24-7-3-10-32-26(23)24/h1,3-5,7,10,12,15-16,20,23,30H,2,6,8-9,11,13-14,17H2,(H,33,35). The lowest BCUT2D eigenvalue weighted by Crippen LogP contribution is -2.48. The van der Waals surface area contributed by atoms with E-state index in [-0.39, 0.29) is 27.6 Å². The summed E-state index contributed by atoms with van der Waals surface area (Å²) in [5, 5.41) is 6.96. The Bertz CT molecular complexity index is 1200. The van der Waals surface area contributed by atoms with Crippen LogP contribution in [0.25, 0.3) is 0 Å². The molecule has 5 rings (SSSR count). The molecule has 1 amide bonds. The molecular formula is C27H29Cl2N5O2. The van der Waals surface area contributed by atoms with Crippen molar-refractivity contribution in [3.8, 4) is 5.75 Å². The minimum atomic E-state index is -0.322. The van der Waals surface area contributed by atoms with Crippen LogP contribution in [0.1, 0.15) is 52.5 Å². The Labute approximate surface area is 221 Å². The number of piperidine rings is 1. The fourth-order valence-electron chi connectivity index (χ4n) is 5.07. The molecule has 9 heteroatoms. The molecule has 1 fully saturated rings. The van der Waals surface area contributed by atoms with Crippen molar-refractivity contribution in [2.45, 2.75) is 44.4 Å². The van der Waals surface area contributed by atoms with E-state index in [1.165, 1.54) is 18.0 Å². The fourth-order valence-corrected chi connectivity index (χ4v) is 5.61. The fraction of sp³-hybridized carbons (Fsp3) is 0.370. The van der Waals surface area contributed by atoms with Gasteiger partial charge in [-0.2, -0.15) is 0 Å². The number of carbonyl (C=O) groups excluding carboxylic acids is 1. The predicted molar refractivity (Wildman–Crippen MR) is 140 cm³/mol. The molecule has 188 valence electrons. The normalized spacial score (nSPS) is 19.4.